The summed E-state index contributed by atoms with van der Waals surface area (Å²) in [4.78, 5) is 35.7. The van der Waals surface area contributed by atoms with Gasteiger partial charge in [-0.15, -0.1) is 0 Å². The molecule has 0 heterocycles. The standard InChI is InChI=1S/C17H22BrNO5/c1-3-23-15(20)10-9-14(17(22)24-4-2)19-16(21)13-7-5-12(11-18)6-8-13/h5-8,14H,3-4,9-11H2,1-2H3,(H,19,21). The third-order valence-electron chi connectivity index (χ3n) is 3.19. The number of carbonyl (C=O) groups is 3. The molecule has 1 aromatic carbocycles. The molecule has 0 spiro atoms. The Bertz CT molecular complexity index is 559. The minimum atomic E-state index is -0.891. The maximum Gasteiger partial charge on any atom is 0.328 e. The number of amides is 1. The van der Waals surface area contributed by atoms with Gasteiger partial charge in [0.05, 0.1) is 13.2 Å². The monoisotopic (exact) mass is 399 g/mol. The Balaban J connectivity index is 2.72. The molecule has 6 nitrogen and oxygen atoms in total. The zero-order chi connectivity index (χ0) is 17.9. The van der Waals surface area contributed by atoms with Crippen molar-refractivity contribution in [2.45, 2.75) is 38.1 Å². The van der Waals surface area contributed by atoms with Crippen LogP contribution in [0.15, 0.2) is 24.3 Å². The van der Waals surface area contributed by atoms with E-state index >= 15 is 0 Å². The molecule has 0 aliphatic carbocycles. The van der Waals surface area contributed by atoms with Gasteiger partial charge in [0.1, 0.15) is 6.04 Å². The number of alkyl halides is 1. The van der Waals surface area contributed by atoms with Crippen LogP contribution in [0, 0.1) is 0 Å². The lowest BCUT2D eigenvalue weighted by molar-refractivity contribution is -0.146. The summed E-state index contributed by atoms with van der Waals surface area (Å²) in [7, 11) is 0. The van der Waals surface area contributed by atoms with Crippen molar-refractivity contribution in [1.82, 2.24) is 5.32 Å². The number of benzene rings is 1. The summed E-state index contributed by atoms with van der Waals surface area (Å²) in [5.41, 5.74) is 1.47. The first-order valence-electron chi connectivity index (χ1n) is 7.79. The molecule has 0 saturated heterocycles. The second-order valence-corrected chi connectivity index (χ2v) is 5.51. The van der Waals surface area contributed by atoms with Gasteiger partial charge < -0.3 is 14.8 Å². The van der Waals surface area contributed by atoms with E-state index in [0.29, 0.717) is 10.9 Å². The van der Waals surface area contributed by atoms with Crippen molar-refractivity contribution in [3.63, 3.8) is 0 Å². The third kappa shape index (κ3) is 6.70. The van der Waals surface area contributed by atoms with Gasteiger partial charge in [0.15, 0.2) is 0 Å². The Labute approximate surface area is 150 Å². The lowest BCUT2D eigenvalue weighted by atomic mass is 10.1. The molecule has 0 aromatic heterocycles. The molecule has 1 rings (SSSR count). The van der Waals surface area contributed by atoms with Crippen LogP contribution in [0.2, 0.25) is 0 Å². The van der Waals surface area contributed by atoms with Crippen molar-refractivity contribution in [2.75, 3.05) is 13.2 Å². The van der Waals surface area contributed by atoms with Crippen molar-refractivity contribution >= 4 is 33.8 Å². The van der Waals surface area contributed by atoms with Crippen LogP contribution < -0.4 is 5.32 Å². The van der Waals surface area contributed by atoms with Gasteiger partial charge in [-0.3, -0.25) is 9.59 Å². The average molecular weight is 400 g/mol. The van der Waals surface area contributed by atoms with Gasteiger partial charge in [-0.2, -0.15) is 0 Å². The van der Waals surface area contributed by atoms with E-state index in [1.807, 2.05) is 12.1 Å². The summed E-state index contributed by atoms with van der Waals surface area (Å²) < 4.78 is 9.80. The van der Waals surface area contributed by atoms with E-state index in [0.717, 1.165) is 5.56 Å². The number of ether oxygens (including phenoxy) is 2. The van der Waals surface area contributed by atoms with Gasteiger partial charge in [0.25, 0.3) is 5.91 Å². The predicted octanol–water partition coefficient (Wildman–Crippen LogP) is 2.59. The smallest absolute Gasteiger partial charge is 0.328 e. The lowest BCUT2D eigenvalue weighted by Crippen LogP contribution is -2.42. The fourth-order valence-electron chi connectivity index (χ4n) is 1.97. The second-order valence-electron chi connectivity index (χ2n) is 4.95. The quantitative estimate of drug-likeness (QED) is 0.509. The molecular weight excluding hydrogens is 378 g/mol. The fraction of sp³-hybridized carbons (Fsp3) is 0.471. The zero-order valence-corrected chi connectivity index (χ0v) is 15.4. The zero-order valence-electron chi connectivity index (χ0n) is 13.8. The van der Waals surface area contributed by atoms with Gasteiger partial charge in [-0.25, -0.2) is 4.79 Å². The molecule has 132 valence electrons. The van der Waals surface area contributed by atoms with Gasteiger partial charge in [0.2, 0.25) is 0 Å². The lowest BCUT2D eigenvalue weighted by Gasteiger charge is -2.17. The van der Waals surface area contributed by atoms with Crippen LogP contribution in [0.1, 0.15) is 42.6 Å². The summed E-state index contributed by atoms with van der Waals surface area (Å²) in [5.74, 6) is -1.37. The number of hydrogen-bond acceptors (Lipinski definition) is 5. The van der Waals surface area contributed by atoms with E-state index in [9.17, 15) is 14.4 Å². The van der Waals surface area contributed by atoms with Crippen LogP contribution in [0.5, 0.6) is 0 Å². The molecule has 0 aliphatic heterocycles. The van der Waals surface area contributed by atoms with Crippen LogP contribution in [-0.2, 0) is 24.4 Å². The number of carbonyl (C=O) groups excluding carboxylic acids is 3. The van der Waals surface area contributed by atoms with Crippen molar-refractivity contribution in [1.29, 1.82) is 0 Å². The summed E-state index contributed by atoms with van der Waals surface area (Å²) in [5, 5.41) is 3.31. The molecule has 7 heteroatoms. The summed E-state index contributed by atoms with van der Waals surface area (Å²) >= 11 is 3.34. The van der Waals surface area contributed by atoms with E-state index in [2.05, 4.69) is 21.2 Å². The van der Waals surface area contributed by atoms with Crippen molar-refractivity contribution in [3.05, 3.63) is 35.4 Å². The maximum atomic E-state index is 12.3. The first-order valence-corrected chi connectivity index (χ1v) is 8.91. The highest BCUT2D eigenvalue weighted by Crippen LogP contribution is 2.09. The number of rotatable bonds is 9. The molecule has 0 bridgehead atoms. The Morgan fingerprint density at radius 2 is 1.71 bits per heavy atom. The summed E-state index contributed by atoms with van der Waals surface area (Å²) in [6, 6.07) is 6.11. The highest BCUT2D eigenvalue weighted by atomic mass is 79.9. The van der Waals surface area contributed by atoms with Crippen LogP contribution in [0.4, 0.5) is 0 Å². The molecule has 0 radical (unpaired) electrons. The van der Waals surface area contributed by atoms with Crippen LogP contribution in [0.25, 0.3) is 0 Å². The minimum Gasteiger partial charge on any atom is -0.466 e. The summed E-state index contributed by atoms with van der Waals surface area (Å²) in [6.07, 6.45) is 0.156. The Kier molecular flexibility index (Phi) is 9.07. The van der Waals surface area contributed by atoms with Gasteiger partial charge in [-0.1, -0.05) is 28.1 Å². The topological polar surface area (TPSA) is 81.7 Å². The molecule has 1 aromatic rings. The van der Waals surface area contributed by atoms with E-state index in [1.165, 1.54) is 0 Å². The van der Waals surface area contributed by atoms with Crippen LogP contribution >= 0.6 is 15.9 Å². The highest BCUT2D eigenvalue weighted by molar-refractivity contribution is 9.08. The van der Waals surface area contributed by atoms with Gasteiger partial charge in [0, 0.05) is 17.3 Å². The van der Waals surface area contributed by atoms with Gasteiger partial charge in [-0.05, 0) is 38.0 Å². The molecule has 1 atom stereocenters. The van der Waals surface area contributed by atoms with Crippen molar-refractivity contribution in [2.24, 2.45) is 0 Å². The first kappa shape index (κ1) is 20.2. The second kappa shape index (κ2) is 10.8. The Morgan fingerprint density at radius 3 is 2.25 bits per heavy atom. The largest absolute Gasteiger partial charge is 0.466 e. The Morgan fingerprint density at radius 1 is 1.08 bits per heavy atom. The molecule has 24 heavy (non-hydrogen) atoms. The number of nitrogens with one attached hydrogen (secondary N) is 1. The van der Waals surface area contributed by atoms with E-state index in [-0.39, 0.29) is 26.1 Å². The predicted molar refractivity (Wildman–Crippen MR) is 92.8 cm³/mol. The molecule has 0 saturated carbocycles. The molecule has 1 amide bonds. The van der Waals surface area contributed by atoms with Crippen molar-refractivity contribution < 1.29 is 23.9 Å². The van der Waals surface area contributed by atoms with Crippen LogP contribution in [0.3, 0.4) is 0 Å². The highest BCUT2D eigenvalue weighted by Gasteiger charge is 2.23. The van der Waals surface area contributed by atoms with E-state index in [4.69, 9.17) is 9.47 Å². The molecular formula is C17H22BrNO5. The molecule has 0 aliphatic rings. The normalized spacial score (nSPS) is 11.5. The SMILES string of the molecule is CCOC(=O)CCC(NC(=O)c1ccc(CBr)cc1)C(=O)OCC. The van der Waals surface area contributed by atoms with Gasteiger partial charge >= 0.3 is 11.9 Å². The maximum absolute atomic E-state index is 12.3. The fourth-order valence-corrected chi connectivity index (χ4v) is 2.35. The van der Waals surface area contributed by atoms with E-state index < -0.39 is 23.9 Å². The number of halogens is 1. The first-order chi connectivity index (χ1) is 11.5. The number of esters is 2. The third-order valence-corrected chi connectivity index (χ3v) is 3.84. The average Bonchev–Trinajstić information content (AvgIpc) is 2.58. The number of hydrogen-bond donors (Lipinski definition) is 1. The van der Waals surface area contributed by atoms with Crippen molar-refractivity contribution in [3.8, 4) is 0 Å². The Hall–Kier alpha value is -1.89. The van der Waals surface area contributed by atoms with E-state index in [1.54, 1.807) is 26.0 Å². The summed E-state index contributed by atoms with van der Waals surface area (Å²) in [6.45, 7) is 3.86. The van der Waals surface area contributed by atoms with Crippen LogP contribution in [-0.4, -0.2) is 37.1 Å². The molecule has 1 N–H and O–H groups in total. The molecule has 0 fully saturated rings. The minimum absolute atomic E-state index is 0.0279. The molecule has 1 unspecified atom stereocenters.